The van der Waals surface area contributed by atoms with Gasteiger partial charge in [-0.15, -0.1) is 12.6 Å². The lowest BCUT2D eigenvalue weighted by atomic mass is 10.2. The molecule has 0 heterocycles. The molecule has 2 rings (SSSR count). The molecule has 1 aliphatic carbocycles. The minimum atomic E-state index is -4.49. The number of amides is 1. The zero-order chi connectivity index (χ0) is 14.2. The molecule has 1 saturated carbocycles. The number of benzene rings is 1. The van der Waals surface area contributed by atoms with Gasteiger partial charge in [0.25, 0.3) is 5.91 Å². The molecule has 0 bridgehead atoms. The second kappa shape index (κ2) is 5.03. The first kappa shape index (κ1) is 14.2. The van der Waals surface area contributed by atoms with Gasteiger partial charge in [0.1, 0.15) is 12.4 Å². The number of carbonyl (C=O) groups is 1. The van der Waals surface area contributed by atoms with Crippen molar-refractivity contribution in [2.75, 3.05) is 6.54 Å². The minimum absolute atomic E-state index is 0.326. The predicted octanol–water partition coefficient (Wildman–Crippen LogP) is 3.28. The van der Waals surface area contributed by atoms with Crippen LogP contribution in [0.25, 0.3) is 0 Å². The van der Waals surface area contributed by atoms with Gasteiger partial charge in [-0.1, -0.05) is 0 Å². The number of thiol groups is 1. The summed E-state index contributed by atoms with van der Waals surface area (Å²) < 4.78 is 50.9. The van der Waals surface area contributed by atoms with Crippen molar-refractivity contribution in [1.29, 1.82) is 0 Å². The van der Waals surface area contributed by atoms with Crippen molar-refractivity contribution in [3.05, 3.63) is 29.6 Å². The highest BCUT2D eigenvalue weighted by molar-refractivity contribution is 7.80. The maximum atomic E-state index is 13.5. The Labute approximate surface area is 112 Å². The van der Waals surface area contributed by atoms with Crippen molar-refractivity contribution < 1.29 is 22.4 Å². The van der Waals surface area contributed by atoms with Gasteiger partial charge in [-0.3, -0.25) is 4.79 Å². The van der Waals surface area contributed by atoms with Crippen LogP contribution in [0.2, 0.25) is 0 Å². The summed E-state index contributed by atoms with van der Waals surface area (Å²) in [5.41, 5.74) is -0.372. The second-order valence-electron chi connectivity index (χ2n) is 4.44. The van der Waals surface area contributed by atoms with E-state index in [4.69, 9.17) is 0 Å². The van der Waals surface area contributed by atoms with Gasteiger partial charge in [-0.2, -0.15) is 13.2 Å². The minimum Gasteiger partial charge on any atom is -0.326 e. The summed E-state index contributed by atoms with van der Waals surface area (Å²) >= 11 is 3.96. The molecule has 0 unspecified atom stereocenters. The van der Waals surface area contributed by atoms with Crippen molar-refractivity contribution in [1.82, 2.24) is 4.90 Å². The Morgan fingerprint density at radius 2 is 2.00 bits per heavy atom. The fourth-order valence-corrected chi connectivity index (χ4v) is 1.98. The van der Waals surface area contributed by atoms with Crippen LogP contribution < -0.4 is 0 Å². The van der Waals surface area contributed by atoms with Crippen LogP contribution in [-0.2, 0) is 0 Å². The Kier molecular flexibility index (Phi) is 3.75. The first-order chi connectivity index (χ1) is 8.78. The Bertz CT molecular complexity index is 499. The number of hydrogen-bond donors (Lipinski definition) is 1. The third-order valence-corrected chi connectivity index (χ3v) is 3.06. The summed E-state index contributed by atoms with van der Waals surface area (Å²) in [7, 11) is 0. The van der Waals surface area contributed by atoms with Crippen molar-refractivity contribution in [2.45, 2.75) is 30.0 Å². The van der Waals surface area contributed by atoms with Crippen LogP contribution in [-0.4, -0.2) is 29.6 Å². The van der Waals surface area contributed by atoms with E-state index >= 15 is 0 Å². The van der Waals surface area contributed by atoms with E-state index in [0.29, 0.717) is 22.6 Å². The zero-order valence-corrected chi connectivity index (χ0v) is 10.6. The highest BCUT2D eigenvalue weighted by Crippen LogP contribution is 2.32. The Morgan fingerprint density at radius 3 is 2.53 bits per heavy atom. The fraction of sp³-hybridized carbons (Fsp3) is 0.417. The number of nitrogens with zero attached hydrogens (tertiary/aromatic N) is 1. The van der Waals surface area contributed by atoms with E-state index < -0.39 is 30.5 Å². The molecule has 0 saturated heterocycles. The number of halogens is 4. The topological polar surface area (TPSA) is 20.3 Å². The van der Waals surface area contributed by atoms with Gasteiger partial charge in [-0.05, 0) is 31.0 Å². The maximum Gasteiger partial charge on any atom is 0.406 e. The third-order valence-electron chi connectivity index (χ3n) is 2.78. The molecule has 0 N–H and O–H groups in total. The molecule has 1 aromatic rings. The molecule has 1 fully saturated rings. The van der Waals surface area contributed by atoms with Gasteiger partial charge in [0.05, 0.1) is 5.56 Å². The van der Waals surface area contributed by atoms with E-state index in [-0.39, 0.29) is 5.56 Å². The lowest BCUT2D eigenvalue weighted by molar-refractivity contribution is -0.141. The molecular weight excluding hydrogens is 282 g/mol. The molecule has 0 atom stereocenters. The lowest BCUT2D eigenvalue weighted by Crippen LogP contribution is -2.40. The van der Waals surface area contributed by atoms with E-state index in [9.17, 15) is 22.4 Å². The Morgan fingerprint density at radius 1 is 1.37 bits per heavy atom. The number of alkyl halides is 3. The first-order valence-electron chi connectivity index (χ1n) is 5.64. The normalized spacial score (nSPS) is 15.4. The van der Waals surface area contributed by atoms with Gasteiger partial charge in [-0.25, -0.2) is 4.39 Å². The monoisotopic (exact) mass is 293 g/mol. The summed E-state index contributed by atoms with van der Waals surface area (Å²) in [5.74, 6) is -1.77. The van der Waals surface area contributed by atoms with Gasteiger partial charge < -0.3 is 4.90 Å². The van der Waals surface area contributed by atoms with Crippen molar-refractivity contribution in [2.24, 2.45) is 0 Å². The quantitative estimate of drug-likeness (QED) is 0.670. The maximum absolute atomic E-state index is 13.5. The van der Waals surface area contributed by atoms with E-state index in [0.717, 1.165) is 12.1 Å². The largest absolute Gasteiger partial charge is 0.406 e. The van der Waals surface area contributed by atoms with Crippen LogP contribution in [0.1, 0.15) is 23.2 Å². The van der Waals surface area contributed by atoms with Gasteiger partial charge in [0.15, 0.2) is 0 Å². The van der Waals surface area contributed by atoms with Crippen LogP contribution in [0.3, 0.4) is 0 Å². The summed E-state index contributed by atoms with van der Waals surface area (Å²) in [4.78, 5) is 13.0. The van der Waals surface area contributed by atoms with E-state index in [2.05, 4.69) is 12.6 Å². The number of hydrogen-bond acceptors (Lipinski definition) is 2. The molecular formula is C12H11F4NOS. The molecule has 7 heteroatoms. The second-order valence-corrected chi connectivity index (χ2v) is 4.96. The highest BCUT2D eigenvalue weighted by Gasteiger charge is 2.41. The third kappa shape index (κ3) is 3.62. The van der Waals surface area contributed by atoms with Gasteiger partial charge in [0.2, 0.25) is 0 Å². The van der Waals surface area contributed by atoms with Crippen molar-refractivity contribution >= 4 is 18.5 Å². The molecule has 104 valence electrons. The number of carbonyl (C=O) groups excluding carboxylic acids is 1. The summed E-state index contributed by atoms with van der Waals surface area (Å²) in [6.45, 7) is -1.35. The summed E-state index contributed by atoms with van der Waals surface area (Å²) in [6.07, 6.45) is -3.46. The molecule has 1 aromatic carbocycles. The smallest absolute Gasteiger partial charge is 0.326 e. The molecule has 1 aliphatic rings. The van der Waals surface area contributed by atoms with Crippen LogP contribution in [0.5, 0.6) is 0 Å². The van der Waals surface area contributed by atoms with Crippen LogP contribution in [0, 0.1) is 5.82 Å². The molecule has 19 heavy (non-hydrogen) atoms. The van der Waals surface area contributed by atoms with Crippen molar-refractivity contribution in [3.63, 3.8) is 0 Å². The standard InChI is InChI=1S/C12H11F4NOS/c13-10-4-3-8(19)5-9(10)11(18)17(7-1-2-7)6-12(14,15)16/h3-5,7,19H,1-2,6H2. The zero-order valence-electron chi connectivity index (χ0n) is 9.75. The van der Waals surface area contributed by atoms with Crippen molar-refractivity contribution in [3.8, 4) is 0 Å². The summed E-state index contributed by atoms with van der Waals surface area (Å²) in [5, 5.41) is 0. The molecule has 1 amide bonds. The van der Waals surface area contributed by atoms with E-state index in [1.165, 1.54) is 6.07 Å². The first-order valence-corrected chi connectivity index (χ1v) is 6.09. The van der Waals surface area contributed by atoms with Gasteiger partial charge >= 0.3 is 6.18 Å². The molecule has 0 aromatic heterocycles. The molecule has 0 aliphatic heterocycles. The lowest BCUT2D eigenvalue weighted by Gasteiger charge is -2.24. The SMILES string of the molecule is O=C(c1cc(S)ccc1F)N(CC(F)(F)F)C1CC1. The van der Waals surface area contributed by atoms with E-state index in [1.807, 2.05) is 0 Å². The Hall–Kier alpha value is -1.24. The fourth-order valence-electron chi connectivity index (χ4n) is 1.78. The van der Waals surface area contributed by atoms with Crippen LogP contribution >= 0.6 is 12.6 Å². The van der Waals surface area contributed by atoms with Gasteiger partial charge in [0, 0.05) is 10.9 Å². The number of rotatable bonds is 3. The average Bonchev–Trinajstić information content (AvgIpc) is 3.11. The molecule has 2 nitrogen and oxygen atoms in total. The van der Waals surface area contributed by atoms with E-state index in [1.54, 1.807) is 0 Å². The predicted molar refractivity (Wildman–Crippen MR) is 63.8 cm³/mol. The van der Waals surface area contributed by atoms with Crippen LogP contribution in [0.4, 0.5) is 17.6 Å². The molecule has 0 radical (unpaired) electrons. The highest BCUT2D eigenvalue weighted by atomic mass is 32.1. The Balaban J connectivity index is 2.26. The van der Waals surface area contributed by atoms with Crippen LogP contribution in [0.15, 0.2) is 23.1 Å². The molecule has 0 spiro atoms. The summed E-state index contributed by atoms with van der Waals surface area (Å²) in [6, 6.07) is 3.05. The average molecular weight is 293 g/mol.